The first-order valence-corrected chi connectivity index (χ1v) is 6.59. The number of benzene rings is 2. The van der Waals surface area contributed by atoms with E-state index in [0.29, 0.717) is 6.54 Å². The summed E-state index contributed by atoms with van der Waals surface area (Å²) in [5.41, 5.74) is 1.58. The van der Waals surface area contributed by atoms with Crippen LogP contribution in [0, 0.1) is 10.1 Å². The number of anilines is 1. The highest BCUT2D eigenvalue weighted by Gasteiger charge is 2.38. The zero-order chi connectivity index (χ0) is 14.9. The molecule has 0 spiro atoms. The summed E-state index contributed by atoms with van der Waals surface area (Å²) in [6, 6.07) is 16.4. The first-order valence-electron chi connectivity index (χ1n) is 6.59. The lowest BCUT2D eigenvalue weighted by Gasteiger charge is -2.32. The molecule has 2 aromatic rings. The zero-order valence-electron chi connectivity index (χ0n) is 11.5. The average Bonchev–Trinajstić information content (AvgIpc) is 2.91. The van der Waals surface area contributed by atoms with E-state index in [1.54, 1.807) is 12.1 Å². The van der Waals surface area contributed by atoms with Crippen LogP contribution >= 0.6 is 0 Å². The second-order valence-corrected chi connectivity index (χ2v) is 5.11. The molecule has 1 heterocycles. The van der Waals surface area contributed by atoms with Gasteiger partial charge in [-0.25, -0.2) is 5.01 Å². The molecule has 2 aromatic carbocycles. The Morgan fingerprint density at radius 1 is 1.14 bits per heavy atom. The largest absolute Gasteiger partial charge is 0.269 e. The van der Waals surface area contributed by atoms with Crippen molar-refractivity contribution in [3.05, 3.63) is 70.3 Å². The van der Waals surface area contributed by atoms with E-state index in [2.05, 4.69) is 17.3 Å². The second-order valence-electron chi connectivity index (χ2n) is 5.11. The van der Waals surface area contributed by atoms with E-state index in [9.17, 15) is 10.1 Å². The second kappa shape index (κ2) is 4.97. The molecule has 1 atom stereocenters. The summed E-state index contributed by atoms with van der Waals surface area (Å²) in [6.45, 7) is 2.61. The van der Waals surface area contributed by atoms with E-state index >= 15 is 0 Å². The SMILES string of the molecule is CC1(c2ccccc2)CN=NN1c1ccc([N+](=O)[O-])cc1. The minimum Gasteiger partial charge on any atom is -0.258 e. The smallest absolute Gasteiger partial charge is 0.258 e. The lowest BCUT2D eigenvalue weighted by atomic mass is 9.91. The van der Waals surface area contributed by atoms with Gasteiger partial charge in [-0.3, -0.25) is 10.1 Å². The Morgan fingerprint density at radius 3 is 2.43 bits per heavy atom. The predicted octanol–water partition coefficient (Wildman–Crippen LogP) is 3.70. The van der Waals surface area contributed by atoms with Crippen LogP contribution in [0.25, 0.3) is 0 Å². The normalized spacial score (nSPS) is 20.7. The molecular weight excluding hydrogens is 268 g/mol. The van der Waals surface area contributed by atoms with Gasteiger partial charge in [0.05, 0.1) is 17.2 Å². The molecule has 0 saturated heterocycles. The van der Waals surface area contributed by atoms with Crippen molar-refractivity contribution in [2.45, 2.75) is 12.5 Å². The van der Waals surface area contributed by atoms with Crippen molar-refractivity contribution >= 4 is 11.4 Å². The third-order valence-corrected chi connectivity index (χ3v) is 3.70. The van der Waals surface area contributed by atoms with Crippen molar-refractivity contribution in [2.24, 2.45) is 10.3 Å². The van der Waals surface area contributed by atoms with Crippen molar-refractivity contribution < 1.29 is 4.92 Å². The first kappa shape index (κ1) is 13.2. The first-order chi connectivity index (χ1) is 10.1. The summed E-state index contributed by atoms with van der Waals surface area (Å²) in [4.78, 5) is 10.3. The third kappa shape index (κ3) is 2.24. The Labute approximate surface area is 121 Å². The van der Waals surface area contributed by atoms with Gasteiger partial charge in [-0.1, -0.05) is 35.6 Å². The standard InChI is InChI=1S/C15H14N4O2/c1-15(12-5-3-2-4-6-12)11-16-17-18(15)13-7-9-14(10-8-13)19(20)21/h2-10H,11H2,1H3. The highest BCUT2D eigenvalue weighted by atomic mass is 16.6. The fourth-order valence-corrected chi connectivity index (χ4v) is 2.46. The van der Waals surface area contributed by atoms with Gasteiger partial charge in [0.15, 0.2) is 0 Å². The zero-order valence-corrected chi connectivity index (χ0v) is 11.5. The van der Waals surface area contributed by atoms with Gasteiger partial charge in [0.2, 0.25) is 0 Å². The third-order valence-electron chi connectivity index (χ3n) is 3.70. The predicted molar refractivity (Wildman–Crippen MR) is 79.1 cm³/mol. The van der Waals surface area contributed by atoms with Crippen LogP contribution in [0.15, 0.2) is 64.9 Å². The summed E-state index contributed by atoms with van der Waals surface area (Å²) in [7, 11) is 0. The molecule has 0 N–H and O–H groups in total. The van der Waals surface area contributed by atoms with Crippen LogP contribution in [0.3, 0.4) is 0 Å². The van der Waals surface area contributed by atoms with Gasteiger partial charge in [0, 0.05) is 12.1 Å². The van der Waals surface area contributed by atoms with E-state index < -0.39 is 4.92 Å². The van der Waals surface area contributed by atoms with Crippen LogP contribution < -0.4 is 5.01 Å². The Hall–Kier alpha value is -2.76. The van der Waals surface area contributed by atoms with Crippen molar-refractivity contribution in [3.8, 4) is 0 Å². The molecule has 0 bridgehead atoms. The number of nitro groups is 1. The number of nitro benzene ring substituents is 1. The van der Waals surface area contributed by atoms with E-state index in [1.165, 1.54) is 12.1 Å². The van der Waals surface area contributed by atoms with E-state index in [0.717, 1.165) is 11.3 Å². The molecule has 0 amide bonds. The number of hydrogen-bond acceptors (Lipinski definition) is 5. The van der Waals surface area contributed by atoms with Crippen LogP contribution in [0.2, 0.25) is 0 Å². The Balaban J connectivity index is 1.97. The molecule has 106 valence electrons. The quantitative estimate of drug-likeness (QED) is 0.636. The van der Waals surface area contributed by atoms with Crippen molar-refractivity contribution in [1.29, 1.82) is 0 Å². The number of rotatable bonds is 3. The van der Waals surface area contributed by atoms with E-state index in [-0.39, 0.29) is 11.2 Å². The van der Waals surface area contributed by atoms with Crippen LogP contribution in [-0.2, 0) is 5.54 Å². The minimum absolute atomic E-state index is 0.0660. The molecule has 1 aliphatic rings. The van der Waals surface area contributed by atoms with Gasteiger partial charge in [-0.05, 0) is 24.6 Å². The van der Waals surface area contributed by atoms with Crippen LogP contribution in [-0.4, -0.2) is 11.5 Å². The maximum atomic E-state index is 10.7. The molecule has 0 saturated carbocycles. The monoisotopic (exact) mass is 282 g/mol. The van der Waals surface area contributed by atoms with Gasteiger partial charge in [0.25, 0.3) is 5.69 Å². The molecule has 3 rings (SSSR count). The topological polar surface area (TPSA) is 71.1 Å². The Kier molecular flexibility index (Phi) is 3.13. The average molecular weight is 282 g/mol. The molecule has 0 aliphatic carbocycles. The summed E-state index contributed by atoms with van der Waals surface area (Å²) in [5, 5.41) is 20.9. The van der Waals surface area contributed by atoms with Gasteiger partial charge in [-0.15, -0.1) is 0 Å². The van der Waals surface area contributed by atoms with Gasteiger partial charge in [0.1, 0.15) is 5.54 Å². The minimum atomic E-state index is -0.411. The number of hydrogen-bond donors (Lipinski definition) is 0. The molecule has 21 heavy (non-hydrogen) atoms. The maximum Gasteiger partial charge on any atom is 0.269 e. The van der Waals surface area contributed by atoms with Crippen molar-refractivity contribution in [2.75, 3.05) is 11.6 Å². The summed E-state index contributed by atoms with van der Waals surface area (Å²) >= 11 is 0. The van der Waals surface area contributed by atoms with Gasteiger partial charge in [-0.2, -0.15) is 5.11 Å². The lowest BCUT2D eigenvalue weighted by molar-refractivity contribution is -0.384. The molecular formula is C15H14N4O2. The summed E-state index contributed by atoms with van der Waals surface area (Å²) < 4.78 is 0. The number of nitrogens with zero attached hydrogens (tertiary/aromatic N) is 4. The fraction of sp³-hybridized carbons (Fsp3) is 0.200. The highest BCUT2D eigenvalue weighted by molar-refractivity contribution is 5.54. The highest BCUT2D eigenvalue weighted by Crippen LogP contribution is 2.37. The van der Waals surface area contributed by atoms with Gasteiger partial charge >= 0.3 is 0 Å². The van der Waals surface area contributed by atoms with E-state index in [1.807, 2.05) is 35.3 Å². The molecule has 0 radical (unpaired) electrons. The van der Waals surface area contributed by atoms with Gasteiger partial charge < -0.3 is 0 Å². The maximum absolute atomic E-state index is 10.7. The van der Waals surface area contributed by atoms with E-state index in [4.69, 9.17) is 0 Å². The molecule has 1 aliphatic heterocycles. The lowest BCUT2D eigenvalue weighted by Crippen LogP contribution is -2.39. The summed E-state index contributed by atoms with van der Waals surface area (Å²) in [6.07, 6.45) is 0. The summed E-state index contributed by atoms with van der Waals surface area (Å²) in [5.74, 6) is 0. The molecule has 0 fully saturated rings. The van der Waals surface area contributed by atoms with Crippen LogP contribution in [0.1, 0.15) is 12.5 Å². The van der Waals surface area contributed by atoms with Crippen molar-refractivity contribution in [1.82, 2.24) is 0 Å². The Bertz CT molecular complexity index is 685. The molecule has 6 nitrogen and oxygen atoms in total. The molecule has 0 aromatic heterocycles. The number of non-ortho nitro benzene ring substituents is 1. The van der Waals surface area contributed by atoms with Crippen LogP contribution in [0.4, 0.5) is 11.4 Å². The Morgan fingerprint density at radius 2 is 1.81 bits per heavy atom. The molecule has 1 unspecified atom stereocenters. The molecule has 6 heteroatoms. The van der Waals surface area contributed by atoms with Crippen LogP contribution in [0.5, 0.6) is 0 Å². The fourth-order valence-electron chi connectivity index (χ4n) is 2.46. The van der Waals surface area contributed by atoms with Crippen molar-refractivity contribution in [3.63, 3.8) is 0 Å².